The highest BCUT2D eigenvalue weighted by molar-refractivity contribution is 5.71. The highest BCUT2D eigenvalue weighted by Gasteiger charge is 1.89. The molecule has 88 valence electrons. The molecule has 1 nitrogen and oxygen atoms in total. The lowest BCUT2D eigenvalue weighted by Crippen LogP contribution is -1.80. The number of aldehydes is 1. The van der Waals surface area contributed by atoms with Gasteiger partial charge in [-0.05, 0) is 45.6 Å². The lowest BCUT2D eigenvalue weighted by molar-refractivity contribution is -0.104. The molecule has 0 aliphatic heterocycles. The maximum atomic E-state index is 10.4. The summed E-state index contributed by atoms with van der Waals surface area (Å²) in [5.74, 6) is 0. The zero-order valence-corrected chi connectivity index (χ0v) is 10.6. The maximum absolute atomic E-state index is 10.4. The molecule has 1 heteroatoms. The predicted molar refractivity (Wildman–Crippen MR) is 71.4 cm³/mol. The Bertz CT molecular complexity index is 316. The van der Waals surface area contributed by atoms with Gasteiger partial charge >= 0.3 is 0 Å². The average molecular weight is 218 g/mol. The molecule has 0 aromatic rings. The summed E-state index contributed by atoms with van der Waals surface area (Å²) in [6.45, 7) is 9.72. The Hall–Kier alpha value is -1.37. The highest BCUT2D eigenvalue weighted by Crippen LogP contribution is 2.08. The van der Waals surface area contributed by atoms with E-state index in [1.54, 1.807) is 0 Å². The fourth-order valence-electron chi connectivity index (χ4n) is 1.21. The Balaban J connectivity index is 3.97. The van der Waals surface area contributed by atoms with Crippen LogP contribution in [0.2, 0.25) is 0 Å². The summed E-state index contributed by atoms with van der Waals surface area (Å²) in [7, 11) is 0. The third kappa shape index (κ3) is 7.98. The molecule has 0 saturated heterocycles. The second kappa shape index (κ2) is 8.90. The first-order valence-corrected chi connectivity index (χ1v) is 5.67. The Morgan fingerprint density at radius 3 is 2.31 bits per heavy atom. The van der Waals surface area contributed by atoms with Gasteiger partial charge in [-0.3, -0.25) is 4.79 Å². The van der Waals surface area contributed by atoms with Gasteiger partial charge in [0.1, 0.15) is 6.29 Å². The molecule has 0 radical (unpaired) electrons. The van der Waals surface area contributed by atoms with Crippen LogP contribution in [0.4, 0.5) is 0 Å². The number of hydrogen-bond donors (Lipinski definition) is 0. The van der Waals surface area contributed by atoms with Crippen molar-refractivity contribution in [3.63, 3.8) is 0 Å². The number of carbonyl (C=O) groups excluding carboxylic acids is 1. The van der Waals surface area contributed by atoms with Crippen LogP contribution in [0, 0.1) is 0 Å². The normalized spacial score (nSPS) is 13.8. The zero-order chi connectivity index (χ0) is 12.4. The smallest absolute Gasteiger partial charge is 0.145 e. The zero-order valence-electron chi connectivity index (χ0n) is 10.6. The molecule has 0 fully saturated rings. The Labute approximate surface area is 99.3 Å². The van der Waals surface area contributed by atoms with Gasteiger partial charge in [0.15, 0.2) is 0 Å². The van der Waals surface area contributed by atoms with Crippen LogP contribution >= 0.6 is 0 Å². The summed E-state index contributed by atoms with van der Waals surface area (Å²) in [4.78, 5) is 10.4. The molecular weight excluding hydrogens is 196 g/mol. The highest BCUT2D eigenvalue weighted by atomic mass is 16.1. The first-order valence-electron chi connectivity index (χ1n) is 5.67. The van der Waals surface area contributed by atoms with Gasteiger partial charge in [0.2, 0.25) is 0 Å². The lowest BCUT2D eigenvalue weighted by Gasteiger charge is -1.97. The van der Waals surface area contributed by atoms with Gasteiger partial charge in [0, 0.05) is 0 Å². The quantitative estimate of drug-likeness (QED) is 0.268. The van der Waals surface area contributed by atoms with Gasteiger partial charge < -0.3 is 0 Å². The fourth-order valence-corrected chi connectivity index (χ4v) is 1.21. The van der Waals surface area contributed by atoms with E-state index in [0.717, 1.165) is 31.1 Å². The van der Waals surface area contributed by atoms with E-state index in [4.69, 9.17) is 0 Å². The standard InChI is InChI=1S/C15H22O/c1-5-13(2)8-6-9-14(3)10-7-11-15(4)12-16/h5,8-9,11-12H,1,6-7,10H2,2-4H3/b13-8-,14-9+,15-11-. The van der Waals surface area contributed by atoms with E-state index < -0.39 is 0 Å². The molecule has 0 aromatic heterocycles. The minimum Gasteiger partial charge on any atom is -0.298 e. The lowest BCUT2D eigenvalue weighted by atomic mass is 10.1. The van der Waals surface area contributed by atoms with Crippen molar-refractivity contribution in [2.45, 2.75) is 40.0 Å². The van der Waals surface area contributed by atoms with Crippen molar-refractivity contribution in [3.05, 3.63) is 47.6 Å². The van der Waals surface area contributed by atoms with Crippen LogP contribution < -0.4 is 0 Å². The van der Waals surface area contributed by atoms with Crippen molar-refractivity contribution in [2.75, 3.05) is 0 Å². The monoisotopic (exact) mass is 218 g/mol. The van der Waals surface area contributed by atoms with Gasteiger partial charge in [-0.15, -0.1) is 0 Å². The molecule has 0 N–H and O–H groups in total. The van der Waals surface area contributed by atoms with Crippen LogP contribution in [0.3, 0.4) is 0 Å². The van der Waals surface area contributed by atoms with E-state index >= 15 is 0 Å². The molecule has 0 amide bonds. The topological polar surface area (TPSA) is 17.1 Å². The third-order valence-corrected chi connectivity index (χ3v) is 2.42. The molecule has 0 rings (SSSR count). The molecular formula is C15H22O. The van der Waals surface area contributed by atoms with E-state index in [-0.39, 0.29) is 0 Å². The average Bonchev–Trinajstić information content (AvgIpc) is 2.28. The van der Waals surface area contributed by atoms with Crippen molar-refractivity contribution < 1.29 is 4.79 Å². The molecule has 0 bridgehead atoms. The minimum absolute atomic E-state index is 0.815. The predicted octanol–water partition coefficient (Wildman–Crippen LogP) is 4.38. The molecule has 16 heavy (non-hydrogen) atoms. The van der Waals surface area contributed by atoms with Crippen LogP contribution in [0.5, 0.6) is 0 Å². The van der Waals surface area contributed by atoms with E-state index in [1.807, 2.05) is 26.0 Å². The SMILES string of the molecule is C=C/C(C)=C\C/C=C(\C)CC/C=C(/C)C=O. The largest absolute Gasteiger partial charge is 0.298 e. The molecule has 0 spiro atoms. The molecule has 0 heterocycles. The second-order valence-corrected chi connectivity index (χ2v) is 4.04. The summed E-state index contributed by atoms with van der Waals surface area (Å²) in [6, 6.07) is 0. The molecule has 0 unspecified atom stereocenters. The van der Waals surface area contributed by atoms with Gasteiger partial charge in [0.05, 0.1) is 0 Å². The van der Waals surface area contributed by atoms with Crippen LogP contribution in [-0.4, -0.2) is 6.29 Å². The first kappa shape index (κ1) is 14.6. The molecule has 0 aliphatic rings. The van der Waals surface area contributed by atoms with E-state index in [1.165, 1.54) is 11.1 Å². The van der Waals surface area contributed by atoms with Crippen molar-refractivity contribution >= 4 is 6.29 Å². The second-order valence-electron chi connectivity index (χ2n) is 4.04. The molecule has 0 aliphatic carbocycles. The van der Waals surface area contributed by atoms with Gasteiger partial charge in [-0.25, -0.2) is 0 Å². The van der Waals surface area contributed by atoms with Gasteiger partial charge in [-0.1, -0.05) is 42.0 Å². The van der Waals surface area contributed by atoms with E-state index in [2.05, 4.69) is 25.7 Å². The van der Waals surface area contributed by atoms with Crippen molar-refractivity contribution in [1.82, 2.24) is 0 Å². The van der Waals surface area contributed by atoms with Crippen molar-refractivity contribution in [2.24, 2.45) is 0 Å². The van der Waals surface area contributed by atoms with Gasteiger partial charge in [-0.2, -0.15) is 0 Å². The van der Waals surface area contributed by atoms with Crippen molar-refractivity contribution in [3.8, 4) is 0 Å². The van der Waals surface area contributed by atoms with Gasteiger partial charge in [0.25, 0.3) is 0 Å². The molecule has 0 atom stereocenters. The van der Waals surface area contributed by atoms with E-state index in [0.29, 0.717) is 0 Å². The van der Waals surface area contributed by atoms with E-state index in [9.17, 15) is 4.79 Å². The summed E-state index contributed by atoms with van der Waals surface area (Å²) in [5, 5.41) is 0. The maximum Gasteiger partial charge on any atom is 0.145 e. The summed E-state index contributed by atoms with van der Waals surface area (Å²) in [6.07, 6.45) is 12.0. The summed E-state index contributed by atoms with van der Waals surface area (Å²) >= 11 is 0. The van der Waals surface area contributed by atoms with Crippen LogP contribution in [0.1, 0.15) is 40.0 Å². The number of rotatable bonds is 7. The number of allylic oxidation sites excluding steroid dienone is 7. The fraction of sp³-hybridized carbons (Fsp3) is 0.400. The van der Waals surface area contributed by atoms with Crippen molar-refractivity contribution in [1.29, 1.82) is 0 Å². The molecule has 0 saturated carbocycles. The molecule has 0 aromatic carbocycles. The Morgan fingerprint density at radius 1 is 1.06 bits per heavy atom. The number of hydrogen-bond acceptors (Lipinski definition) is 1. The van der Waals surface area contributed by atoms with Crippen LogP contribution in [0.25, 0.3) is 0 Å². The Kier molecular flexibility index (Phi) is 8.14. The third-order valence-electron chi connectivity index (χ3n) is 2.42. The van der Waals surface area contributed by atoms with Crippen LogP contribution in [-0.2, 0) is 4.79 Å². The Morgan fingerprint density at radius 2 is 1.75 bits per heavy atom. The minimum atomic E-state index is 0.815. The number of carbonyl (C=O) groups is 1. The summed E-state index contributed by atoms with van der Waals surface area (Å²) < 4.78 is 0. The summed E-state index contributed by atoms with van der Waals surface area (Å²) in [5.41, 5.74) is 3.39. The van der Waals surface area contributed by atoms with Crippen LogP contribution in [0.15, 0.2) is 47.6 Å². The first-order chi connectivity index (χ1) is 7.60.